The van der Waals surface area contributed by atoms with E-state index in [-0.39, 0.29) is 17.6 Å². The van der Waals surface area contributed by atoms with Crippen LogP contribution in [0.4, 0.5) is 5.13 Å². The first-order valence-electron chi connectivity index (χ1n) is 7.99. The van der Waals surface area contributed by atoms with Crippen LogP contribution < -0.4 is 15.4 Å². The number of thioether (sulfide) groups is 1. The van der Waals surface area contributed by atoms with Crippen LogP contribution in [0.5, 0.6) is 5.75 Å². The molecule has 2 N–H and O–H groups in total. The second-order valence-corrected chi connectivity index (χ2v) is 7.79. The Morgan fingerprint density at radius 1 is 1.19 bits per heavy atom. The molecule has 10 heteroatoms. The van der Waals surface area contributed by atoms with Gasteiger partial charge < -0.3 is 20.3 Å². The van der Waals surface area contributed by atoms with Gasteiger partial charge in [-0.1, -0.05) is 23.1 Å². The number of carbonyl (C=O) groups excluding carboxylic acids is 2. The van der Waals surface area contributed by atoms with Gasteiger partial charge in [-0.2, -0.15) is 0 Å². The van der Waals surface area contributed by atoms with Gasteiger partial charge in [0, 0.05) is 31.7 Å². The van der Waals surface area contributed by atoms with Crippen molar-refractivity contribution in [2.24, 2.45) is 5.73 Å². The van der Waals surface area contributed by atoms with Crippen LogP contribution in [0, 0.1) is 0 Å². The van der Waals surface area contributed by atoms with Crippen molar-refractivity contribution in [3.8, 4) is 5.75 Å². The molecule has 2 aromatic rings. The molecule has 0 atom stereocenters. The molecule has 26 heavy (non-hydrogen) atoms. The summed E-state index contributed by atoms with van der Waals surface area (Å²) in [5, 5.41) is 9.04. The maximum absolute atomic E-state index is 12.6. The van der Waals surface area contributed by atoms with Crippen LogP contribution in [0.15, 0.2) is 28.6 Å². The zero-order valence-electron chi connectivity index (χ0n) is 14.3. The topological polar surface area (TPSA) is 102 Å². The standard InChI is InChI=1S/C16H19N5O3S2/c1-24-12-4-2-11(3-5-12)14(23)20-6-8-21(9-7-20)15-18-19-16(26-15)25-10-13(17)22/h2-5H,6-10H2,1H3,(H2,17,22). The van der Waals surface area contributed by atoms with Crippen molar-refractivity contribution in [2.75, 3.05) is 43.9 Å². The summed E-state index contributed by atoms with van der Waals surface area (Å²) in [7, 11) is 1.60. The molecule has 0 radical (unpaired) electrons. The Bertz CT molecular complexity index is 772. The Labute approximate surface area is 159 Å². The van der Waals surface area contributed by atoms with Crippen LogP contribution in [-0.4, -0.2) is 66.0 Å². The molecule has 0 bridgehead atoms. The predicted octanol–water partition coefficient (Wildman–Crippen LogP) is 1.09. The summed E-state index contributed by atoms with van der Waals surface area (Å²) in [5.41, 5.74) is 5.79. The van der Waals surface area contributed by atoms with E-state index < -0.39 is 0 Å². The number of ether oxygens (including phenoxy) is 1. The van der Waals surface area contributed by atoms with E-state index in [2.05, 4.69) is 15.1 Å². The summed E-state index contributed by atoms with van der Waals surface area (Å²) >= 11 is 2.72. The van der Waals surface area contributed by atoms with Gasteiger partial charge in [0.1, 0.15) is 5.75 Å². The molecule has 1 fully saturated rings. The molecule has 2 heterocycles. The van der Waals surface area contributed by atoms with Crippen molar-refractivity contribution in [1.82, 2.24) is 15.1 Å². The van der Waals surface area contributed by atoms with Crippen molar-refractivity contribution in [3.63, 3.8) is 0 Å². The lowest BCUT2D eigenvalue weighted by Gasteiger charge is -2.34. The first kappa shape index (κ1) is 18.5. The highest BCUT2D eigenvalue weighted by molar-refractivity contribution is 8.01. The number of hydrogen-bond donors (Lipinski definition) is 1. The molecular formula is C16H19N5O3S2. The SMILES string of the molecule is COc1ccc(C(=O)N2CCN(c3nnc(SCC(N)=O)s3)CC2)cc1. The van der Waals surface area contributed by atoms with E-state index in [0.29, 0.717) is 31.7 Å². The van der Waals surface area contributed by atoms with Gasteiger partial charge in [0.2, 0.25) is 11.0 Å². The van der Waals surface area contributed by atoms with E-state index in [4.69, 9.17) is 10.5 Å². The second kappa shape index (κ2) is 8.37. The number of primary amides is 1. The third-order valence-electron chi connectivity index (χ3n) is 3.91. The summed E-state index contributed by atoms with van der Waals surface area (Å²) < 4.78 is 5.84. The van der Waals surface area contributed by atoms with Crippen molar-refractivity contribution >= 4 is 40.0 Å². The number of methoxy groups -OCH3 is 1. The number of nitrogens with zero attached hydrogens (tertiary/aromatic N) is 4. The summed E-state index contributed by atoms with van der Waals surface area (Å²) in [5.74, 6) is 0.561. The number of aromatic nitrogens is 2. The number of piperazine rings is 1. The molecule has 1 saturated heterocycles. The molecule has 8 nitrogen and oxygen atoms in total. The van der Waals surface area contributed by atoms with Crippen molar-refractivity contribution in [1.29, 1.82) is 0 Å². The second-order valence-electron chi connectivity index (χ2n) is 5.61. The summed E-state index contributed by atoms with van der Waals surface area (Å²) in [6, 6.07) is 7.13. The quantitative estimate of drug-likeness (QED) is 0.733. The Morgan fingerprint density at radius 3 is 2.50 bits per heavy atom. The number of nitrogens with two attached hydrogens (primary N) is 1. The first-order valence-corrected chi connectivity index (χ1v) is 9.80. The maximum Gasteiger partial charge on any atom is 0.253 e. The minimum absolute atomic E-state index is 0.0160. The molecule has 3 rings (SSSR count). The maximum atomic E-state index is 12.6. The zero-order valence-corrected chi connectivity index (χ0v) is 15.9. The van der Waals surface area contributed by atoms with Crippen molar-refractivity contribution < 1.29 is 14.3 Å². The lowest BCUT2D eigenvalue weighted by Crippen LogP contribution is -2.48. The molecule has 1 aliphatic rings. The lowest BCUT2D eigenvalue weighted by molar-refractivity contribution is -0.115. The van der Waals surface area contributed by atoms with Gasteiger partial charge in [-0.15, -0.1) is 10.2 Å². The van der Waals surface area contributed by atoms with E-state index in [0.717, 1.165) is 15.2 Å². The number of amides is 2. The fourth-order valence-electron chi connectivity index (χ4n) is 2.54. The highest BCUT2D eigenvalue weighted by atomic mass is 32.2. The summed E-state index contributed by atoms with van der Waals surface area (Å²) in [4.78, 5) is 27.4. The van der Waals surface area contributed by atoms with Gasteiger partial charge in [-0.25, -0.2) is 0 Å². The number of benzene rings is 1. The largest absolute Gasteiger partial charge is 0.497 e. The van der Waals surface area contributed by atoms with Crippen LogP contribution in [0.3, 0.4) is 0 Å². The van der Waals surface area contributed by atoms with Crippen molar-refractivity contribution in [2.45, 2.75) is 4.34 Å². The number of rotatable bonds is 6. The minimum atomic E-state index is -0.377. The fraction of sp³-hybridized carbons (Fsp3) is 0.375. The van der Waals surface area contributed by atoms with Gasteiger partial charge in [0.05, 0.1) is 12.9 Å². The predicted molar refractivity (Wildman–Crippen MR) is 101 cm³/mol. The summed E-state index contributed by atoms with van der Waals surface area (Å²) in [6.07, 6.45) is 0. The molecule has 1 aromatic carbocycles. The zero-order chi connectivity index (χ0) is 18.5. The molecule has 138 valence electrons. The molecule has 0 unspecified atom stereocenters. The Hall–Kier alpha value is -2.33. The molecule has 0 aliphatic carbocycles. The van der Waals surface area contributed by atoms with Gasteiger partial charge in [0.15, 0.2) is 4.34 Å². The average molecular weight is 393 g/mol. The minimum Gasteiger partial charge on any atom is -0.497 e. The third-order valence-corrected chi connectivity index (χ3v) is 6.05. The molecule has 1 aromatic heterocycles. The van der Waals surface area contributed by atoms with Gasteiger partial charge >= 0.3 is 0 Å². The van der Waals surface area contributed by atoms with E-state index in [9.17, 15) is 9.59 Å². The van der Waals surface area contributed by atoms with Crippen molar-refractivity contribution in [3.05, 3.63) is 29.8 Å². The van der Waals surface area contributed by atoms with Gasteiger partial charge in [0.25, 0.3) is 5.91 Å². The van der Waals surface area contributed by atoms with Crippen LogP contribution in [0.25, 0.3) is 0 Å². The Balaban J connectivity index is 1.55. The van der Waals surface area contributed by atoms with E-state index in [1.807, 2.05) is 4.90 Å². The third kappa shape index (κ3) is 4.44. The van der Waals surface area contributed by atoms with Gasteiger partial charge in [-0.3, -0.25) is 9.59 Å². The van der Waals surface area contributed by atoms with Crippen LogP contribution >= 0.6 is 23.1 Å². The van der Waals surface area contributed by atoms with Crippen LogP contribution in [0.2, 0.25) is 0 Å². The van der Waals surface area contributed by atoms with E-state index in [1.165, 1.54) is 23.1 Å². The molecule has 0 saturated carbocycles. The number of carbonyl (C=O) groups is 2. The first-order chi connectivity index (χ1) is 12.6. The smallest absolute Gasteiger partial charge is 0.253 e. The molecular weight excluding hydrogens is 374 g/mol. The normalized spacial score (nSPS) is 14.3. The Morgan fingerprint density at radius 2 is 1.88 bits per heavy atom. The monoisotopic (exact) mass is 393 g/mol. The van der Waals surface area contributed by atoms with Crippen LogP contribution in [0.1, 0.15) is 10.4 Å². The lowest BCUT2D eigenvalue weighted by atomic mass is 10.1. The van der Waals surface area contributed by atoms with Gasteiger partial charge in [-0.05, 0) is 24.3 Å². The highest BCUT2D eigenvalue weighted by Crippen LogP contribution is 2.28. The number of anilines is 1. The van der Waals surface area contributed by atoms with Crippen LogP contribution in [-0.2, 0) is 4.79 Å². The molecule has 0 spiro atoms. The highest BCUT2D eigenvalue weighted by Gasteiger charge is 2.24. The van der Waals surface area contributed by atoms with E-state index >= 15 is 0 Å². The number of hydrogen-bond acceptors (Lipinski definition) is 8. The van der Waals surface area contributed by atoms with E-state index in [1.54, 1.807) is 31.4 Å². The fourth-order valence-corrected chi connectivity index (χ4v) is 4.17. The Kier molecular flexibility index (Phi) is 5.94. The summed E-state index contributed by atoms with van der Waals surface area (Å²) in [6.45, 7) is 2.62. The molecule has 1 aliphatic heterocycles. The molecule has 2 amide bonds. The average Bonchev–Trinajstić information content (AvgIpc) is 3.15.